The number of rotatable bonds is 5. The zero-order valence-corrected chi connectivity index (χ0v) is 26.8. The number of hydrogen-bond donors (Lipinski definition) is 0. The molecule has 0 radical (unpaired) electrons. The lowest BCUT2D eigenvalue weighted by Gasteiger charge is -2.14. The molecule has 0 N–H and O–H groups in total. The van der Waals surface area contributed by atoms with E-state index in [4.69, 9.17) is 15.0 Å². The minimum absolute atomic E-state index is 0.339. The van der Waals surface area contributed by atoms with E-state index in [1.54, 1.807) is 36.4 Å². The summed E-state index contributed by atoms with van der Waals surface area (Å²) in [6, 6.07) is 50.1. The van der Waals surface area contributed by atoms with E-state index in [-0.39, 0.29) is 0 Å². The lowest BCUT2D eigenvalue weighted by atomic mass is 9.92. The van der Waals surface area contributed by atoms with Gasteiger partial charge in [0.25, 0.3) is 0 Å². The number of hydrogen-bond acceptors (Lipinski definition) is 7. The van der Waals surface area contributed by atoms with Gasteiger partial charge in [-0.15, -0.1) is 0 Å². The van der Waals surface area contributed by atoms with E-state index in [1.165, 1.54) is 0 Å². The smallest absolute Gasteiger partial charge is 0.238 e. The highest BCUT2D eigenvalue weighted by Crippen LogP contribution is 2.42. The van der Waals surface area contributed by atoms with Crippen LogP contribution in [0.2, 0.25) is 0 Å². The lowest BCUT2D eigenvalue weighted by molar-refractivity contribution is 0.954. The number of benzene rings is 6. The fraction of sp³-hybridized carbons (Fsp3) is 0. The van der Waals surface area contributed by atoms with Gasteiger partial charge in [0.05, 0.1) is 57.6 Å². The molecule has 0 fully saturated rings. The second kappa shape index (κ2) is 12.6. The Morgan fingerprint density at radius 3 is 1.47 bits per heavy atom. The second-order valence-electron chi connectivity index (χ2n) is 11.7. The average Bonchev–Trinajstić information content (AvgIpc) is 3.54. The molecule has 8 aromatic rings. The Morgan fingerprint density at radius 2 is 0.941 bits per heavy atom. The summed E-state index contributed by atoms with van der Waals surface area (Å²) in [6.07, 6.45) is 0. The molecule has 51 heavy (non-hydrogen) atoms. The van der Waals surface area contributed by atoms with E-state index < -0.39 is 0 Å². The predicted octanol–water partition coefficient (Wildman–Crippen LogP) is 9.12. The molecule has 0 unspecified atom stereocenters. The number of aromatic nitrogens is 4. The zero-order chi connectivity index (χ0) is 34.9. The Bertz CT molecular complexity index is 2720. The third kappa shape index (κ3) is 5.11. The van der Waals surface area contributed by atoms with Gasteiger partial charge in [0, 0.05) is 38.6 Å². The van der Waals surface area contributed by atoms with Crippen molar-refractivity contribution < 1.29 is 0 Å². The molecule has 0 aliphatic heterocycles. The number of nitrogens with zero attached hydrogens (tertiary/aromatic N) is 8. The van der Waals surface area contributed by atoms with E-state index in [0.717, 1.165) is 27.4 Å². The van der Waals surface area contributed by atoms with Crippen LogP contribution in [0.1, 0.15) is 22.3 Å². The van der Waals surface area contributed by atoms with Crippen molar-refractivity contribution in [1.82, 2.24) is 19.5 Å². The molecule has 2 aromatic heterocycles. The summed E-state index contributed by atoms with van der Waals surface area (Å²) < 4.78 is 1.95. The normalized spacial score (nSPS) is 10.7. The predicted molar refractivity (Wildman–Crippen MR) is 195 cm³/mol. The third-order valence-corrected chi connectivity index (χ3v) is 8.84. The van der Waals surface area contributed by atoms with Crippen LogP contribution in [0.25, 0.3) is 72.8 Å². The summed E-state index contributed by atoms with van der Waals surface area (Å²) in [5.41, 5.74) is 6.90. The molecule has 8 heteroatoms. The Balaban J connectivity index is 1.53. The molecule has 0 saturated carbocycles. The first-order valence-electron chi connectivity index (χ1n) is 15.9. The quantitative estimate of drug-likeness (QED) is 0.181. The van der Waals surface area contributed by atoms with Crippen LogP contribution in [-0.2, 0) is 0 Å². The minimum Gasteiger partial charge on any atom is -0.277 e. The van der Waals surface area contributed by atoms with Crippen LogP contribution in [0, 0.1) is 45.3 Å². The molecule has 0 saturated heterocycles. The van der Waals surface area contributed by atoms with Gasteiger partial charge in [0.15, 0.2) is 11.6 Å². The summed E-state index contributed by atoms with van der Waals surface area (Å²) in [5, 5.41) is 42.1. The fourth-order valence-corrected chi connectivity index (χ4v) is 6.61. The van der Waals surface area contributed by atoms with E-state index in [9.17, 15) is 21.0 Å². The molecule has 0 aliphatic carbocycles. The van der Waals surface area contributed by atoms with Crippen LogP contribution in [0.3, 0.4) is 0 Å². The number of para-hydroxylation sites is 1. The number of fused-ring (bicyclic) bond motifs is 3. The first kappa shape index (κ1) is 30.4. The van der Waals surface area contributed by atoms with Crippen molar-refractivity contribution in [3.8, 4) is 75.3 Å². The Labute approximate surface area is 292 Å². The van der Waals surface area contributed by atoms with Gasteiger partial charge in [-0.2, -0.15) is 31.0 Å². The molecule has 0 atom stereocenters. The van der Waals surface area contributed by atoms with Crippen LogP contribution in [-0.4, -0.2) is 19.5 Å². The van der Waals surface area contributed by atoms with Gasteiger partial charge in [-0.3, -0.25) is 4.57 Å². The van der Waals surface area contributed by atoms with Gasteiger partial charge in [-0.1, -0.05) is 97.1 Å². The number of nitriles is 4. The standard InChI is InChI=1S/C43H22N8/c44-23-30-14-7-15-31(24-45)38(30)29-20-21-37-36(22-29)34-18-9-19-35(39-32(25-46)16-8-17-33(39)26-47)40(34)51(37)43-49-41(27-10-3-1-4-11-27)48-42(50-43)28-12-5-2-6-13-28/h1-22H. The van der Waals surface area contributed by atoms with Gasteiger partial charge in [-0.25, -0.2) is 4.98 Å². The van der Waals surface area contributed by atoms with E-state index in [2.05, 4.69) is 24.3 Å². The van der Waals surface area contributed by atoms with Crippen molar-refractivity contribution in [2.75, 3.05) is 0 Å². The molecule has 8 rings (SSSR count). The monoisotopic (exact) mass is 650 g/mol. The highest BCUT2D eigenvalue weighted by atomic mass is 15.2. The summed E-state index contributed by atoms with van der Waals surface area (Å²) in [4.78, 5) is 15.0. The minimum atomic E-state index is 0.339. The third-order valence-electron chi connectivity index (χ3n) is 8.84. The topological polar surface area (TPSA) is 139 Å². The first-order valence-corrected chi connectivity index (χ1v) is 15.9. The van der Waals surface area contributed by atoms with Crippen molar-refractivity contribution in [2.45, 2.75) is 0 Å². The summed E-state index contributed by atoms with van der Waals surface area (Å²) in [7, 11) is 0. The molecule has 234 valence electrons. The van der Waals surface area contributed by atoms with Crippen LogP contribution in [0.15, 0.2) is 133 Å². The molecule has 6 aromatic carbocycles. The van der Waals surface area contributed by atoms with Gasteiger partial charge >= 0.3 is 0 Å². The molecule has 8 nitrogen and oxygen atoms in total. The largest absolute Gasteiger partial charge is 0.277 e. The van der Waals surface area contributed by atoms with Crippen molar-refractivity contribution in [1.29, 1.82) is 21.0 Å². The summed E-state index contributed by atoms with van der Waals surface area (Å²) >= 11 is 0. The van der Waals surface area contributed by atoms with Crippen molar-refractivity contribution in [2.24, 2.45) is 0 Å². The van der Waals surface area contributed by atoms with Crippen molar-refractivity contribution >= 4 is 21.8 Å². The van der Waals surface area contributed by atoms with Gasteiger partial charge in [0.1, 0.15) is 0 Å². The molecular weight excluding hydrogens is 629 g/mol. The Kier molecular flexibility index (Phi) is 7.52. The van der Waals surface area contributed by atoms with Crippen LogP contribution in [0.5, 0.6) is 0 Å². The van der Waals surface area contributed by atoms with E-state index >= 15 is 0 Å². The SMILES string of the molecule is N#Cc1cccc(C#N)c1-c1ccc2c(c1)c1cccc(-c3c(C#N)cccc3C#N)c1n2-c1nc(-c2ccccc2)nc(-c2ccccc2)n1. The van der Waals surface area contributed by atoms with Crippen LogP contribution >= 0.6 is 0 Å². The first-order chi connectivity index (χ1) is 25.1. The molecule has 0 bridgehead atoms. The maximum atomic E-state index is 10.2. The summed E-state index contributed by atoms with van der Waals surface area (Å²) in [5.74, 6) is 1.28. The van der Waals surface area contributed by atoms with Crippen molar-refractivity contribution in [3.63, 3.8) is 0 Å². The molecule has 0 amide bonds. The zero-order valence-electron chi connectivity index (χ0n) is 26.8. The lowest BCUT2D eigenvalue weighted by Crippen LogP contribution is -2.07. The van der Waals surface area contributed by atoms with E-state index in [0.29, 0.717) is 67.6 Å². The van der Waals surface area contributed by atoms with Crippen molar-refractivity contribution in [3.05, 3.63) is 156 Å². The van der Waals surface area contributed by atoms with E-state index in [1.807, 2.05) is 102 Å². The highest BCUT2D eigenvalue weighted by Gasteiger charge is 2.24. The molecule has 2 heterocycles. The Hall–Kier alpha value is -7.91. The fourth-order valence-electron chi connectivity index (χ4n) is 6.61. The Morgan fingerprint density at radius 1 is 0.431 bits per heavy atom. The van der Waals surface area contributed by atoms with Crippen LogP contribution < -0.4 is 0 Å². The second-order valence-corrected chi connectivity index (χ2v) is 11.7. The molecule has 0 spiro atoms. The van der Waals surface area contributed by atoms with Crippen LogP contribution in [0.4, 0.5) is 0 Å². The molecular formula is C43H22N8. The van der Waals surface area contributed by atoms with Gasteiger partial charge < -0.3 is 0 Å². The maximum Gasteiger partial charge on any atom is 0.238 e. The molecule has 0 aliphatic rings. The van der Waals surface area contributed by atoms with Gasteiger partial charge in [-0.05, 0) is 42.0 Å². The highest BCUT2D eigenvalue weighted by molar-refractivity contribution is 6.15. The van der Waals surface area contributed by atoms with Gasteiger partial charge in [0.2, 0.25) is 5.95 Å². The summed E-state index contributed by atoms with van der Waals surface area (Å²) in [6.45, 7) is 0. The maximum absolute atomic E-state index is 10.2. The average molecular weight is 651 g/mol.